The molecule has 14 heteroatoms. The number of imide groups is 1. The summed E-state index contributed by atoms with van der Waals surface area (Å²) in [6.07, 6.45) is 2.51. The summed E-state index contributed by atoms with van der Waals surface area (Å²) in [6.45, 7) is 10.2. The number of rotatable bonds is 34. The Morgan fingerprint density at radius 2 is 0.652 bits per heavy atom. The van der Waals surface area contributed by atoms with Crippen molar-refractivity contribution in [2.75, 3.05) is 145 Å². The minimum atomic E-state index is -0.306. The third-order valence-corrected chi connectivity index (χ3v) is 5.95. The summed E-state index contributed by atoms with van der Waals surface area (Å²) in [5.41, 5.74) is 0. The fourth-order valence-corrected chi connectivity index (χ4v) is 3.62. The average molecular weight is 658 g/mol. The molecule has 0 saturated carbocycles. The number of para-hydroxylation sites is 1. The lowest BCUT2D eigenvalue weighted by Gasteiger charge is -2.13. The van der Waals surface area contributed by atoms with E-state index in [0.29, 0.717) is 132 Å². The molecular formula is C32H51NO13. The normalized spacial score (nSPS) is 12.9. The minimum absolute atomic E-state index is 0.240. The molecule has 1 aromatic carbocycles. The van der Waals surface area contributed by atoms with Gasteiger partial charge in [0.1, 0.15) is 12.4 Å². The molecule has 46 heavy (non-hydrogen) atoms. The lowest BCUT2D eigenvalue weighted by Crippen LogP contribution is -2.33. The van der Waals surface area contributed by atoms with Gasteiger partial charge in [0.05, 0.1) is 139 Å². The fraction of sp³-hybridized carbons (Fsp3) is 0.688. The first-order chi connectivity index (χ1) is 22.8. The zero-order valence-corrected chi connectivity index (χ0v) is 26.9. The van der Waals surface area contributed by atoms with Crippen LogP contribution >= 0.6 is 0 Å². The number of amides is 2. The zero-order valence-electron chi connectivity index (χ0n) is 26.9. The molecule has 1 aliphatic heterocycles. The highest BCUT2D eigenvalue weighted by molar-refractivity contribution is 6.12. The maximum absolute atomic E-state index is 11.4. The molecule has 2 rings (SSSR count). The SMILES string of the molecule is O=C1C=CC(=O)N1CCOCCOCCOCCOCCOCCOCCOCCOCCOCCOCCOc1ccccc1. The van der Waals surface area contributed by atoms with Crippen molar-refractivity contribution in [3.63, 3.8) is 0 Å². The van der Waals surface area contributed by atoms with Crippen LogP contribution in [0.3, 0.4) is 0 Å². The molecule has 0 spiro atoms. The van der Waals surface area contributed by atoms with Crippen LogP contribution in [-0.2, 0) is 57.0 Å². The van der Waals surface area contributed by atoms with Gasteiger partial charge >= 0.3 is 0 Å². The minimum Gasteiger partial charge on any atom is -0.491 e. The first-order valence-corrected chi connectivity index (χ1v) is 15.8. The van der Waals surface area contributed by atoms with E-state index < -0.39 is 0 Å². The van der Waals surface area contributed by atoms with Crippen molar-refractivity contribution in [3.8, 4) is 5.75 Å². The Labute approximate surface area is 272 Å². The molecule has 1 aromatic rings. The second-order valence-electron chi connectivity index (χ2n) is 9.45. The Morgan fingerprint density at radius 1 is 0.370 bits per heavy atom. The van der Waals surface area contributed by atoms with E-state index in [9.17, 15) is 9.59 Å². The van der Waals surface area contributed by atoms with Crippen molar-refractivity contribution in [1.29, 1.82) is 0 Å². The highest BCUT2D eigenvalue weighted by Crippen LogP contribution is 2.07. The number of hydrogen-bond acceptors (Lipinski definition) is 13. The van der Waals surface area contributed by atoms with Gasteiger partial charge in [-0.25, -0.2) is 0 Å². The number of hydrogen-bond donors (Lipinski definition) is 0. The molecule has 0 aromatic heterocycles. The number of ether oxygens (including phenoxy) is 11. The van der Waals surface area contributed by atoms with E-state index in [1.165, 1.54) is 12.2 Å². The molecule has 14 nitrogen and oxygen atoms in total. The molecule has 262 valence electrons. The topological polar surface area (TPSA) is 139 Å². The molecule has 0 aliphatic carbocycles. The van der Waals surface area contributed by atoms with Gasteiger partial charge < -0.3 is 52.1 Å². The number of benzene rings is 1. The van der Waals surface area contributed by atoms with Gasteiger partial charge in [0.25, 0.3) is 11.8 Å². The molecule has 0 fully saturated rings. The van der Waals surface area contributed by atoms with E-state index in [1.54, 1.807) is 0 Å². The van der Waals surface area contributed by atoms with Gasteiger partial charge in [0, 0.05) is 12.2 Å². The van der Waals surface area contributed by atoms with Crippen LogP contribution in [0, 0.1) is 0 Å². The molecule has 0 radical (unpaired) electrons. The van der Waals surface area contributed by atoms with Crippen LogP contribution in [0.25, 0.3) is 0 Å². The summed E-state index contributed by atoms with van der Waals surface area (Å²) in [6, 6.07) is 9.65. The Morgan fingerprint density at radius 3 is 0.978 bits per heavy atom. The third-order valence-electron chi connectivity index (χ3n) is 5.95. The van der Waals surface area contributed by atoms with E-state index in [1.807, 2.05) is 30.3 Å². The average Bonchev–Trinajstić information content (AvgIpc) is 3.39. The van der Waals surface area contributed by atoms with Crippen LogP contribution in [0.15, 0.2) is 42.5 Å². The third kappa shape index (κ3) is 22.9. The van der Waals surface area contributed by atoms with Crippen LogP contribution < -0.4 is 4.74 Å². The van der Waals surface area contributed by atoms with Crippen molar-refractivity contribution in [1.82, 2.24) is 4.90 Å². The van der Waals surface area contributed by atoms with Gasteiger partial charge in [0.2, 0.25) is 0 Å². The Balaban J connectivity index is 1.14. The first kappa shape index (κ1) is 39.7. The second kappa shape index (κ2) is 29.9. The number of carbonyl (C=O) groups is 2. The molecule has 1 heterocycles. The van der Waals surface area contributed by atoms with Gasteiger partial charge in [-0.1, -0.05) is 18.2 Å². The summed E-state index contributed by atoms with van der Waals surface area (Å²) in [4.78, 5) is 23.9. The largest absolute Gasteiger partial charge is 0.491 e. The molecule has 0 unspecified atom stereocenters. The Kier molecular flexibility index (Phi) is 25.8. The van der Waals surface area contributed by atoms with Crippen LogP contribution in [0.5, 0.6) is 5.75 Å². The molecule has 2 amide bonds. The highest BCUT2D eigenvalue weighted by atomic mass is 16.6. The number of carbonyl (C=O) groups excluding carboxylic acids is 2. The monoisotopic (exact) mass is 657 g/mol. The summed E-state index contributed by atoms with van der Waals surface area (Å²) in [7, 11) is 0. The van der Waals surface area contributed by atoms with E-state index >= 15 is 0 Å². The lowest BCUT2D eigenvalue weighted by atomic mass is 10.3. The van der Waals surface area contributed by atoms with Crippen LogP contribution in [0.4, 0.5) is 0 Å². The van der Waals surface area contributed by atoms with Gasteiger partial charge in [0.15, 0.2) is 0 Å². The predicted molar refractivity (Wildman–Crippen MR) is 166 cm³/mol. The predicted octanol–water partition coefficient (Wildman–Crippen LogP) is 1.16. The van der Waals surface area contributed by atoms with Crippen molar-refractivity contribution < 1.29 is 61.7 Å². The molecule has 0 atom stereocenters. The van der Waals surface area contributed by atoms with Crippen molar-refractivity contribution in [2.24, 2.45) is 0 Å². The van der Waals surface area contributed by atoms with E-state index in [-0.39, 0.29) is 25.0 Å². The van der Waals surface area contributed by atoms with Gasteiger partial charge in [-0.05, 0) is 12.1 Å². The molecular weight excluding hydrogens is 606 g/mol. The molecule has 0 saturated heterocycles. The Hall–Kier alpha value is -2.50. The van der Waals surface area contributed by atoms with Crippen LogP contribution in [-0.4, -0.2) is 162 Å². The zero-order chi connectivity index (χ0) is 32.6. The summed E-state index contributed by atoms with van der Waals surface area (Å²) < 4.78 is 60.0. The van der Waals surface area contributed by atoms with Gasteiger partial charge in [-0.3, -0.25) is 14.5 Å². The maximum atomic E-state index is 11.4. The quantitative estimate of drug-likeness (QED) is 0.0775. The first-order valence-electron chi connectivity index (χ1n) is 15.8. The molecule has 1 aliphatic rings. The van der Waals surface area contributed by atoms with E-state index in [2.05, 4.69) is 0 Å². The van der Waals surface area contributed by atoms with Crippen molar-refractivity contribution >= 4 is 11.8 Å². The van der Waals surface area contributed by atoms with Gasteiger partial charge in [-0.2, -0.15) is 0 Å². The maximum Gasteiger partial charge on any atom is 0.253 e. The van der Waals surface area contributed by atoms with E-state index in [0.717, 1.165) is 10.6 Å². The second-order valence-corrected chi connectivity index (χ2v) is 9.45. The van der Waals surface area contributed by atoms with Crippen LogP contribution in [0.2, 0.25) is 0 Å². The molecule has 0 bridgehead atoms. The summed E-state index contributed by atoms with van der Waals surface area (Å²) in [5, 5.41) is 0. The van der Waals surface area contributed by atoms with Crippen LogP contribution in [0.1, 0.15) is 0 Å². The van der Waals surface area contributed by atoms with E-state index in [4.69, 9.17) is 52.1 Å². The van der Waals surface area contributed by atoms with Gasteiger partial charge in [-0.15, -0.1) is 0 Å². The molecule has 0 N–H and O–H groups in total. The fourth-order valence-electron chi connectivity index (χ4n) is 3.62. The smallest absolute Gasteiger partial charge is 0.253 e. The lowest BCUT2D eigenvalue weighted by molar-refractivity contribution is -0.137. The standard InChI is InChI=1S/C32H51NO13/c34-31-6-7-32(35)33(31)8-9-36-10-11-37-12-13-38-14-15-39-16-17-40-18-19-41-20-21-42-22-23-43-24-25-44-26-27-45-28-29-46-30-4-2-1-3-5-30/h1-7H,8-29H2. The van der Waals surface area contributed by atoms with Crippen molar-refractivity contribution in [2.45, 2.75) is 0 Å². The Bertz CT molecular complexity index is 872. The summed E-state index contributed by atoms with van der Waals surface area (Å²) in [5.74, 6) is 0.226. The highest BCUT2D eigenvalue weighted by Gasteiger charge is 2.22. The van der Waals surface area contributed by atoms with Crippen molar-refractivity contribution in [3.05, 3.63) is 42.5 Å². The number of nitrogens with zero attached hydrogens (tertiary/aromatic N) is 1. The summed E-state index contributed by atoms with van der Waals surface area (Å²) >= 11 is 0.